The van der Waals surface area contributed by atoms with E-state index in [1.165, 1.54) is 0 Å². The lowest BCUT2D eigenvalue weighted by molar-refractivity contribution is 0.103. The van der Waals surface area contributed by atoms with Gasteiger partial charge in [-0.1, -0.05) is 40.2 Å². The molecule has 104 valence electrons. The molecule has 3 heteroatoms. The molecule has 0 heterocycles. The topological polar surface area (TPSA) is 26.3 Å². The zero-order chi connectivity index (χ0) is 14.7. The predicted molar refractivity (Wildman–Crippen MR) is 84.5 cm³/mol. The van der Waals surface area contributed by atoms with Crippen LogP contribution in [-0.4, -0.2) is 11.9 Å². The number of aryl methyl sites for hydroxylation is 1. The highest BCUT2D eigenvalue weighted by molar-refractivity contribution is 9.10. The van der Waals surface area contributed by atoms with Crippen molar-refractivity contribution in [2.45, 2.75) is 26.9 Å². The van der Waals surface area contributed by atoms with Crippen molar-refractivity contribution in [3.8, 4) is 5.75 Å². The highest BCUT2D eigenvalue weighted by atomic mass is 79.9. The maximum absolute atomic E-state index is 12.6. The van der Waals surface area contributed by atoms with Crippen LogP contribution in [0.15, 0.2) is 46.9 Å². The predicted octanol–water partition coefficient (Wildman–Crippen LogP) is 4.78. The van der Waals surface area contributed by atoms with Crippen LogP contribution in [0.4, 0.5) is 0 Å². The van der Waals surface area contributed by atoms with Gasteiger partial charge in [-0.15, -0.1) is 0 Å². The molecular formula is C17H17BrO2. The van der Waals surface area contributed by atoms with Gasteiger partial charge in [0.05, 0.1) is 11.7 Å². The summed E-state index contributed by atoms with van der Waals surface area (Å²) < 4.78 is 6.65. The SMILES string of the molecule is Cc1ccc(C(=O)c2ccccc2OC(C)C)cc1Br. The molecule has 0 N–H and O–H groups in total. The van der Waals surface area contributed by atoms with Crippen LogP contribution in [0, 0.1) is 6.92 Å². The number of hydrogen-bond acceptors (Lipinski definition) is 2. The zero-order valence-corrected chi connectivity index (χ0v) is 13.4. The van der Waals surface area contributed by atoms with E-state index in [0.717, 1.165) is 10.0 Å². The van der Waals surface area contributed by atoms with Crippen LogP contribution in [0.5, 0.6) is 5.75 Å². The second-order valence-corrected chi connectivity index (χ2v) is 5.81. The first-order valence-electron chi connectivity index (χ1n) is 6.55. The fraction of sp³-hybridized carbons (Fsp3) is 0.235. The monoisotopic (exact) mass is 332 g/mol. The van der Waals surface area contributed by atoms with Gasteiger partial charge in [-0.25, -0.2) is 0 Å². The third-order valence-corrected chi connectivity index (χ3v) is 3.78. The molecule has 0 fully saturated rings. The first-order valence-corrected chi connectivity index (χ1v) is 7.35. The van der Waals surface area contributed by atoms with Crippen molar-refractivity contribution in [3.63, 3.8) is 0 Å². The summed E-state index contributed by atoms with van der Waals surface area (Å²) >= 11 is 3.46. The van der Waals surface area contributed by atoms with Crippen molar-refractivity contribution in [2.75, 3.05) is 0 Å². The average Bonchev–Trinajstić information content (AvgIpc) is 2.41. The molecule has 0 radical (unpaired) electrons. The standard InChI is InChI=1S/C17H17BrO2/c1-11(2)20-16-7-5-4-6-14(16)17(19)13-9-8-12(3)15(18)10-13/h4-11H,1-3H3. The summed E-state index contributed by atoms with van der Waals surface area (Å²) in [5.74, 6) is 0.603. The van der Waals surface area contributed by atoms with Gasteiger partial charge >= 0.3 is 0 Å². The second kappa shape index (κ2) is 6.23. The van der Waals surface area contributed by atoms with E-state index in [-0.39, 0.29) is 11.9 Å². The van der Waals surface area contributed by atoms with Gasteiger partial charge < -0.3 is 4.74 Å². The Bertz CT molecular complexity index is 633. The molecule has 0 aliphatic rings. The Hall–Kier alpha value is -1.61. The third-order valence-electron chi connectivity index (χ3n) is 2.93. The molecule has 2 nitrogen and oxygen atoms in total. The van der Waals surface area contributed by atoms with Crippen molar-refractivity contribution in [2.24, 2.45) is 0 Å². The maximum atomic E-state index is 12.6. The number of hydrogen-bond donors (Lipinski definition) is 0. The molecule has 0 amide bonds. The minimum Gasteiger partial charge on any atom is -0.490 e. The summed E-state index contributed by atoms with van der Waals surface area (Å²) in [6, 6.07) is 13.0. The Morgan fingerprint density at radius 3 is 2.50 bits per heavy atom. The maximum Gasteiger partial charge on any atom is 0.196 e. The lowest BCUT2D eigenvalue weighted by Crippen LogP contribution is -2.10. The molecular weight excluding hydrogens is 316 g/mol. The minimum absolute atomic E-state index is 0.0260. The van der Waals surface area contributed by atoms with Gasteiger partial charge in [-0.2, -0.15) is 0 Å². The molecule has 0 aliphatic carbocycles. The van der Waals surface area contributed by atoms with Crippen LogP contribution in [0.25, 0.3) is 0 Å². The number of benzene rings is 2. The van der Waals surface area contributed by atoms with Crippen molar-refractivity contribution in [1.82, 2.24) is 0 Å². The van der Waals surface area contributed by atoms with E-state index >= 15 is 0 Å². The van der Waals surface area contributed by atoms with Crippen LogP contribution >= 0.6 is 15.9 Å². The van der Waals surface area contributed by atoms with E-state index in [2.05, 4.69) is 15.9 Å². The second-order valence-electron chi connectivity index (χ2n) is 4.96. The van der Waals surface area contributed by atoms with Gasteiger partial charge in [0.2, 0.25) is 0 Å². The van der Waals surface area contributed by atoms with E-state index < -0.39 is 0 Å². The van der Waals surface area contributed by atoms with Gasteiger partial charge in [0.25, 0.3) is 0 Å². The zero-order valence-electron chi connectivity index (χ0n) is 11.8. The van der Waals surface area contributed by atoms with E-state index in [1.807, 2.05) is 57.2 Å². The minimum atomic E-state index is -0.0260. The van der Waals surface area contributed by atoms with Crippen LogP contribution < -0.4 is 4.74 Å². The summed E-state index contributed by atoms with van der Waals surface area (Å²) in [4.78, 5) is 12.6. The summed E-state index contributed by atoms with van der Waals surface area (Å²) in [7, 11) is 0. The van der Waals surface area contributed by atoms with Crippen molar-refractivity contribution < 1.29 is 9.53 Å². The van der Waals surface area contributed by atoms with E-state index in [0.29, 0.717) is 16.9 Å². The smallest absolute Gasteiger partial charge is 0.196 e. The molecule has 0 atom stereocenters. The Labute approximate surface area is 127 Å². The summed E-state index contributed by atoms with van der Waals surface area (Å²) in [5, 5.41) is 0. The van der Waals surface area contributed by atoms with E-state index in [1.54, 1.807) is 6.07 Å². The molecule has 0 bridgehead atoms. The third kappa shape index (κ3) is 3.28. The lowest BCUT2D eigenvalue weighted by Gasteiger charge is -2.13. The number of para-hydroxylation sites is 1. The number of carbonyl (C=O) groups is 1. The van der Waals surface area contributed by atoms with Gasteiger partial charge in [0, 0.05) is 10.0 Å². The number of carbonyl (C=O) groups excluding carboxylic acids is 1. The van der Waals surface area contributed by atoms with Crippen LogP contribution in [0.2, 0.25) is 0 Å². The van der Waals surface area contributed by atoms with Gasteiger partial charge in [-0.3, -0.25) is 4.79 Å². The molecule has 0 aliphatic heterocycles. The summed E-state index contributed by atoms with van der Waals surface area (Å²) in [5.41, 5.74) is 2.35. The lowest BCUT2D eigenvalue weighted by atomic mass is 10.0. The molecule has 0 saturated heterocycles. The van der Waals surface area contributed by atoms with Gasteiger partial charge in [-0.05, 0) is 44.5 Å². The molecule has 20 heavy (non-hydrogen) atoms. The van der Waals surface area contributed by atoms with Crippen LogP contribution in [0.1, 0.15) is 35.3 Å². The fourth-order valence-electron chi connectivity index (χ4n) is 1.90. The largest absolute Gasteiger partial charge is 0.490 e. The first-order chi connectivity index (χ1) is 9.49. The molecule has 2 rings (SSSR count). The van der Waals surface area contributed by atoms with Crippen LogP contribution in [-0.2, 0) is 0 Å². The summed E-state index contributed by atoms with van der Waals surface area (Å²) in [6.07, 6.45) is 0.0358. The quantitative estimate of drug-likeness (QED) is 0.753. The summed E-state index contributed by atoms with van der Waals surface area (Å²) in [6.45, 7) is 5.89. The van der Waals surface area contributed by atoms with E-state index in [4.69, 9.17) is 4.74 Å². The van der Waals surface area contributed by atoms with Crippen molar-refractivity contribution in [1.29, 1.82) is 0 Å². The van der Waals surface area contributed by atoms with Gasteiger partial charge in [0.1, 0.15) is 5.75 Å². The number of halogens is 1. The Kier molecular flexibility index (Phi) is 4.61. The first kappa shape index (κ1) is 14.8. The number of ether oxygens (including phenoxy) is 1. The molecule has 0 aromatic heterocycles. The number of rotatable bonds is 4. The molecule has 2 aromatic carbocycles. The molecule has 2 aromatic rings. The van der Waals surface area contributed by atoms with E-state index in [9.17, 15) is 4.79 Å². The average molecular weight is 333 g/mol. The number of ketones is 1. The van der Waals surface area contributed by atoms with Crippen molar-refractivity contribution in [3.05, 3.63) is 63.6 Å². The molecule has 0 unspecified atom stereocenters. The fourth-order valence-corrected chi connectivity index (χ4v) is 2.28. The normalized spacial score (nSPS) is 10.7. The highest BCUT2D eigenvalue weighted by Gasteiger charge is 2.15. The van der Waals surface area contributed by atoms with Gasteiger partial charge in [0.15, 0.2) is 5.78 Å². The Morgan fingerprint density at radius 1 is 1.15 bits per heavy atom. The Balaban J connectivity index is 2.40. The van der Waals surface area contributed by atoms with Crippen molar-refractivity contribution >= 4 is 21.7 Å². The highest BCUT2D eigenvalue weighted by Crippen LogP contribution is 2.25. The Morgan fingerprint density at radius 2 is 1.85 bits per heavy atom. The molecule has 0 saturated carbocycles. The molecule has 0 spiro atoms. The van der Waals surface area contributed by atoms with Crippen LogP contribution in [0.3, 0.4) is 0 Å².